The van der Waals surface area contributed by atoms with Gasteiger partial charge in [-0.15, -0.1) is 11.3 Å². The zero-order valence-corrected chi connectivity index (χ0v) is 8.65. The molecule has 1 aromatic rings. The SMILES string of the molecule is NNC(N)=NCc1ccsc1Br. The Labute approximate surface area is 82.8 Å². The van der Waals surface area contributed by atoms with Crippen molar-refractivity contribution in [1.82, 2.24) is 5.43 Å². The molecule has 0 aliphatic heterocycles. The first-order valence-corrected chi connectivity index (χ1v) is 4.89. The van der Waals surface area contributed by atoms with Crippen molar-refractivity contribution >= 4 is 33.2 Å². The van der Waals surface area contributed by atoms with Crippen molar-refractivity contribution in [1.29, 1.82) is 0 Å². The van der Waals surface area contributed by atoms with Crippen LogP contribution in [0.15, 0.2) is 20.2 Å². The van der Waals surface area contributed by atoms with E-state index in [4.69, 9.17) is 11.6 Å². The smallest absolute Gasteiger partial charge is 0.203 e. The quantitative estimate of drug-likeness (QED) is 0.314. The van der Waals surface area contributed by atoms with E-state index in [0.717, 1.165) is 9.35 Å². The zero-order valence-electron chi connectivity index (χ0n) is 6.25. The van der Waals surface area contributed by atoms with Crippen molar-refractivity contribution in [2.75, 3.05) is 0 Å². The molecular formula is C6H9BrN4S. The van der Waals surface area contributed by atoms with Gasteiger partial charge in [-0.2, -0.15) is 0 Å². The lowest BCUT2D eigenvalue weighted by molar-refractivity contribution is 0.959. The highest BCUT2D eigenvalue weighted by molar-refractivity contribution is 9.11. The van der Waals surface area contributed by atoms with Crippen LogP contribution < -0.4 is 17.0 Å². The molecule has 0 aliphatic rings. The Balaban J connectivity index is 2.59. The molecule has 1 heterocycles. The molecular weight excluding hydrogens is 240 g/mol. The second-order valence-electron chi connectivity index (χ2n) is 2.07. The molecule has 0 spiro atoms. The Morgan fingerprint density at radius 1 is 1.75 bits per heavy atom. The highest BCUT2D eigenvalue weighted by atomic mass is 79.9. The molecule has 0 amide bonds. The second kappa shape index (κ2) is 4.44. The van der Waals surface area contributed by atoms with E-state index < -0.39 is 0 Å². The van der Waals surface area contributed by atoms with Crippen LogP contribution in [-0.4, -0.2) is 5.96 Å². The maximum atomic E-state index is 5.34. The molecule has 0 fully saturated rings. The number of hydrogen-bond acceptors (Lipinski definition) is 3. The highest BCUT2D eigenvalue weighted by Gasteiger charge is 1.98. The number of nitrogens with one attached hydrogen (secondary N) is 1. The van der Waals surface area contributed by atoms with Gasteiger partial charge < -0.3 is 5.73 Å². The van der Waals surface area contributed by atoms with Gasteiger partial charge >= 0.3 is 0 Å². The summed E-state index contributed by atoms with van der Waals surface area (Å²) in [6.45, 7) is 0.542. The molecule has 0 bridgehead atoms. The van der Waals surface area contributed by atoms with Gasteiger partial charge in [0.15, 0.2) is 0 Å². The van der Waals surface area contributed by atoms with Crippen LogP contribution in [0.3, 0.4) is 0 Å². The van der Waals surface area contributed by atoms with Gasteiger partial charge in [-0.05, 0) is 32.9 Å². The van der Waals surface area contributed by atoms with Crippen molar-refractivity contribution < 1.29 is 0 Å². The van der Waals surface area contributed by atoms with Crippen molar-refractivity contribution in [2.24, 2.45) is 16.6 Å². The molecule has 12 heavy (non-hydrogen) atoms. The minimum Gasteiger partial charge on any atom is -0.369 e. The molecule has 5 N–H and O–H groups in total. The summed E-state index contributed by atoms with van der Waals surface area (Å²) in [6.07, 6.45) is 0. The van der Waals surface area contributed by atoms with Gasteiger partial charge in [0.25, 0.3) is 0 Å². The third kappa shape index (κ3) is 2.47. The summed E-state index contributed by atoms with van der Waals surface area (Å²) >= 11 is 5.01. The average Bonchev–Trinajstić information content (AvgIpc) is 2.47. The largest absolute Gasteiger partial charge is 0.369 e. The van der Waals surface area contributed by atoms with Crippen LogP contribution in [0.2, 0.25) is 0 Å². The van der Waals surface area contributed by atoms with E-state index in [1.54, 1.807) is 11.3 Å². The molecule has 0 atom stereocenters. The van der Waals surface area contributed by atoms with Crippen LogP contribution in [0.25, 0.3) is 0 Å². The standard InChI is InChI=1S/C6H9BrN4S/c7-5-4(1-2-12-5)3-10-6(8)11-9/h1-2H,3,9H2,(H3,8,10,11). The Morgan fingerprint density at radius 3 is 3.00 bits per heavy atom. The molecule has 0 unspecified atom stereocenters. The lowest BCUT2D eigenvalue weighted by Gasteiger charge is -1.97. The number of rotatable bonds is 2. The number of nitrogens with zero attached hydrogens (tertiary/aromatic N) is 1. The van der Waals surface area contributed by atoms with Crippen LogP contribution in [0.1, 0.15) is 5.56 Å². The maximum Gasteiger partial charge on any atom is 0.203 e. The summed E-state index contributed by atoms with van der Waals surface area (Å²) in [7, 11) is 0. The number of guanidine groups is 1. The van der Waals surface area contributed by atoms with Crippen molar-refractivity contribution in [3.63, 3.8) is 0 Å². The van der Waals surface area contributed by atoms with E-state index in [1.165, 1.54) is 0 Å². The van der Waals surface area contributed by atoms with Gasteiger partial charge in [-0.3, -0.25) is 5.43 Å². The van der Waals surface area contributed by atoms with E-state index >= 15 is 0 Å². The molecule has 4 nitrogen and oxygen atoms in total. The second-order valence-corrected chi connectivity index (χ2v) is 4.30. The number of halogens is 1. The number of aliphatic imine (C=N–C) groups is 1. The van der Waals surface area contributed by atoms with Gasteiger partial charge in [-0.25, -0.2) is 10.8 Å². The Morgan fingerprint density at radius 2 is 2.50 bits per heavy atom. The van der Waals surface area contributed by atoms with Gasteiger partial charge in [0.05, 0.1) is 10.3 Å². The fraction of sp³-hybridized carbons (Fsp3) is 0.167. The fourth-order valence-corrected chi connectivity index (χ4v) is 1.86. The normalized spacial score (nSPS) is 11.7. The van der Waals surface area contributed by atoms with Crippen LogP contribution in [0.5, 0.6) is 0 Å². The summed E-state index contributed by atoms with van der Waals surface area (Å²) in [6, 6.07) is 1.99. The summed E-state index contributed by atoms with van der Waals surface area (Å²) in [5, 5.41) is 1.99. The van der Waals surface area contributed by atoms with Gasteiger partial charge in [-0.1, -0.05) is 0 Å². The Bertz CT molecular complexity index is 283. The molecule has 0 saturated heterocycles. The monoisotopic (exact) mass is 248 g/mol. The van der Waals surface area contributed by atoms with Gasteiger partial charge in [0.2, 0.25) is 5.96 Å². The minimum atomic E-state index is 0.244. The number of hydrazine groups is 1. The summed E-state index contributed by atoms with van der Waals surface area (Å²) in [5.74, 6) is 5.28. The number of hydrogen-bond donors (Lipinski definition) is 3. The first kappa shape index (κ1) is 9.50. The Hall–Kier alpha value is -0.590. The third-order valence-electron chi connectivity index (χ3n) is 1.26. The highest BCUT2D eigenvalue weighted by Crippen LogP contribution is 2.23. The molecule has 0 saturated carbocycles. The fourth-order valence-electron chi connectivity index (χ4n) is 0.648. The van der Waals surface area contributed by atoms with Gasteiger partial charge in [0, 0.05) is 0 Å². The van der Waals surface area contributed by atoms with E-state index in [0.29, 0.717) is 6.54 Å². The predicted molar refractivity (Wildman–Crippen MR) is 54.7 cm³/mol. The zero-order chi connectivity index (χ0) is 8.97. The van der Waals surface area contributed by atoms with Crippen molar-refractivity contribution in [3.8, 4) is 0 Å². The predicted octanol–water partition coefficient (Wildman–Crippen LogP) is 0.789. The van der Waals surface area contributed by atoms with E-state index in [-0.39, 0.29) is 5.96 Å². The third-order valence-corrected chi connectivity index (χ3v) is 3.07. The maximum absolute atomic E-state index is 5.34. The van der Waals surface area contributed by atoms with Crippen molar-refractivity contribution in [2.45, 2.75) is 6.54 Å². The number of thiophene rings is 1. The van der Waals surface area contributed by atoms with Crippen LogP contribution in [0, 0.1) is 0 Å². The first-order valence-electron chi connectivity index (χ1n) is 3.22. The summed E-state index contributed by atoms with van der Waals surface area (Å²) < 4.78 is 1.08. The molecule has 0 aliphatic carbocycles. The van der Waals surface area contributed by atoms with E-state index in [1.807, 2.05) is 11.4 Å². The number of nitrogens with two attached hydrogens (primary N) is 2. The summed E-state index contributed by atoms with van der Waals surface area (Å²) in [5.41, 5.74) is 8.71. The van der Waals surface area contributed by atoms with Crippen LogP contribution in [-0.2, 0) is 6.54 Å². The molecule has 0 aromatic carbocycles. The average molecular weight is 249 g/mol. The van der Waals surface area contributed by atoms with Crippen molar-refractivity contribution in [3.05, 3.63) is 20.8 Å². The van der Waals surface area contributed by atoms with E-state index in [2.05, 4.69) is 26.3 Å². The van der Waals surface area contributed by atoms with Crippen LogP contribution >= 0.6 is 27.3 Å². The molecule has 1 aromatic heterocycles. The lowest BCUT2D eigenvalue weighted by atomic mass is 10.3. The molecule has 0 radical (unpaired) electrons. The lowest BCUT2D eigenvalue weighted by Crippen LogP contribution is -2.37. The van der Waals surface area contributed by atoms with Crippen LogP contribution in [0.4, 0.5) is 0 Å². The molecule has 1 rings (SSSR count). The van der Waals surface area contributed by atoms with Gasteiger partial charge in [0.1, 0.15) is 0 Å². The van der Waals surface area contributed by atoms with E-state index in [9.17, 15) is 0 Å². The minimum absolute atomic E-state index is 0.244. The first-order chi connectivity index (χ1) is 5.74. The Kier molecular flexibility index (Phi) is 3.51. The topological polar surface area (TPSA) is 76.4 Å². The summed E-state index contributed by atoms with van der Waals surface area (Å²) in [4.78, 5) is 3.98. The molecule has 6 heteroatoms. The molecule has 66 valence electrons.